The number of likely N-dealkylation sites (tertiary alicyclic amines) is 1. The molecular weight excluding hydrogens is 277 g/mol. The largest absolute Gasteiger partial charge is 0.484 e. The first-order chi connectivity index (χ1) is 8.37. The van der Waals surface area contributed by atoms with Crippen molar-refractivity contribution in [1.29, 1.82) is 0 Å². The second-order valence-electron chi connectivity index (χ2n) is 4.61. The van der Waals surface area contributed by atoms with Crippen LogP contribution in [0.15, 0.2) is 18.2 Å². The highest BCUT2D eigenvalue weighted by atomic mass is 35.5. The molecular formula is C12H13Cl2NO3. The summed E-state index contributed by atoms with van der Waals surface area (Å²) in [6, 6.07) is 4.81. The van der Waals surface area contributed by atoms with Gasteiger partial charge >= 0.3 is 0 Å². The van der Waals surface area contributed by atoms with Crippen LogP contribution < -0.4 is 4.74 Å². The van der Waals surface area contributed by atoms with E-state index in [4.69, 9.17) is 27.9 Å². The molecule has 0 saturated carbocycles. The van der Waals surface area contributed by atoms with Crippen LogP contribution in [0.4, 0.5) is 0 Å². The molecule has 0 atom stereocenters. The average Bonchev–Trinajstić information content (AvgIpc) is 2.27. The SMILES string of the molecule is CC1(O)CN(C(=O)COc2ccc(Cl)c(Cl)c2)C1. The van der Waals surface area contributed by atoms with Crippen LogP contribution in [0.1, 0.15) is 6.92 Å². The summed E-state index contributed by atoms with van der Waals surface area (Å²) in [5, 5.41) is 10.3. The maximum absolute atomic E-state index is 11.7. The number of halogens is 2. The van der Waals surface area contributed by atoms with Crippen molar-refractivity contribution in [1.82, 2.24) is 4.90 Å². The van der Waals surface area contributed by atoms with Gasteiger partial charge in [-0.2, -0.15) is 0 Å². The second kappa shape index (κ2) is 4.96. The molecule has 1 N–H and O–H groups in total. The maximum atomic E-state index is 11.7. The summed E-state index contributed by atoms with van der Waals surface area (Å²) < 4.78 is 5.31. The number of amides is 1. The van der Waals surface area contributed by atoms with E-state index in [9.17, 15) is 9.90 Å². The summed E-state index contributed by atoms with van der Waals surface area (Å²) >= 11 is 11.6. The van der Waals surface area contributed by atoms with Gasteiger partial charge < -0.3 is 14.7 Å². The fourth-order valence-electron chi connectivity index (χ4n) is 1.76. The Morgan fingerprint density at radius 3 is 2.67 bits per heavy atom. The molecule has 0 aliphatic carbocycles. The van der Waals surface area contributed by atoms with Crippen molar-refractivity contribution in [3.63, 3.8) is 0 Å². The van der Waals surface area contributed by atoms with Gasteiger partial charge in [-0.05, 0) is 19.1 Å². The van der Waals surface area contributed by atoms with E-state index in [1.54, 1.807) is 25.1 Å². The Hall–Kier alpha value is -0.970. The lowest BCUT2D eigenvalue weighted by molar-refractivity contribution is -0.154. The normalized spacial score (nSPS) is 17.2. The number of hydrogen-bond donors (Lipinski definition) is 1. The van der Waals surface area contributed by atoms with Gasteiger partial charge in [0.2, 0.25) is 0 Å². The summed E-state index contributed by atoms with van der Waals surface area (Å²) in [7, 11) is 0. The number of rotatable bonds is 3. The van der Waals surface area contributed by atoms with E-state index in [0.717, 1.165) is 0 Å². The van der Waals surface area contributed by atoms with Crippen molar-refractivity contribution < 1.29 is 14.6 Å². The van der Waals surface area contributed by atoms with Gasteiger partial charge in [0.05, 0.1) is 28.7 Å². The Morgan fingerprint density at radius 1 is 1.44 bits per heavy atom. The number of carbonyl (C=O) groups excluding carboxylic acids is 1. The number of ether oxygens (including phenoxy) is 1. The number of carbonyl (C=O) groups is 1. The molecule has 0 bridgehead atoms. The van der Waals surface area contributed by atoms with Crippen LogP contribution in [0.25, 0.3) is 0 Å². The number of aliphatic hydroxyl groups is 1. The summed E-state index contributed by atoms with van der Waals surface area (Å²) in [6.07, 6.45) is 0. The van der Waals surface area contributed by atoms with Crippen LogP contribution >= 0.6 is 23.2 Å². The van der Waals surface area contributed by atoms with Crippen molar-refractivity contribution >= 4 is 29.1 Å². The number of β-amino-alcohol motifs (C(OH)–C–C–N with tert-alkyl or cyclic N) is 1. The molecule has 0 spiro atoms. The lowest BCUT2D eigenvalue weighted by Crippen LogP contribution is -2.62. The Bertz CT molecular complexity index is 468. The molecule has 1 aliphatic rings. The zero-order chi connectivity index (χ0) is 13.3. The molecule has 1 heterocycles. The Morgan fingerprint density at radius 2 is 2.11 bits per heavy atom. The lowest BCUT2D eigenvalue weighted by Gasteiger charge is -2.43. The highest BCUT2D eigenvalue weighted by Gasteiger charge is 2.39. The molecule has 6 heteroatoms. The van der Waals surface area contributed by atoms with Crippen molar-refractivity contribution in [2.75, 3.05) is 19.7 Å². The van der Waals surface area contributed by atoms with E-state index in [2.05, 4.69) is 0 Å². The third kappa shape index (κ3) is 3.07. The third-order valence-corrected chi connectivity index (χ3v) is 3.41. The molecule has 4 nitrogen and oxygen atoms in total. The maximum Gasteiger partial charge on any atom is 0.260 e. The zero-order valence-electron chi connectivity index (χ0n) is 9.82. The van der Waals surface area contributed by atoms with E-state index in [-0.39, 0.29) is 12.5 Å². The van der Waals surface area contributed by atoms with Gasteiger partial charge in [0, 0.05) is 6.07 Å². The molecule has 1 aromatic rings. The van der Waals surface area contributed by atoms with Crippen molar-refractivity contribution in [3.8, 4) is 5.75 Å². The highest BCUT2D eigenvalue weighted by molar-refractivity contribution is 6.42. The first-order valence-corrected chi connectivity index (χ1v) is 6.21. The van der Waals surface area contributed by atoms with Gasteiger partial charge in [-0.3, -0.25) is 4.79 Å². The predicted octanol–water partition coefficient (Wildman–Crippen LogP) is 1.97. The summed E-state index contributed by atoms with van der Waals surface area (Å²) in [5.41, 5.74) is -0.765. The Kier molecular flexibility index (Phi) is 3.71. The van der Waals surface area contributed by atoms with Crippen LogP contribution in [0.3, 0.4) is 0 Å². The summed E-state index contributed by atoms with van der Waals surface area (Å²) in [5.74, 6) is 0.331. The van der Waals surface area contributed by atoms with Gasteiger partial charge in [0.25, 0.3) is 5.91 Å². The molecule has 98 valence electrons. The molecule has 0 aromatic heterocycles. The van der Waals surface area contributed by atoms with Crippen LogP contribution in [-0.4, -0.2) is 41.2 Å². The molecule has 2 rings (SSSR count). The standard InChI is InChI=1S/C12H13Cl2NO3/c1-12(17)6-15(7-12)11(16)5-18-8-2-3-9(13)10(14)4-8/h2-4,17H,5-7H2,1H3. The van der Waals surface area contributed by atoms with Gasteiger partial charge in [-0.15, -0.1) is 0 Å². The molecule has 1 saturated heterocycles. The highest BCUT2D eigenvalue weighted by Crippen LogP contribution is 2.26. The van der Waals surface area contributed by atoms with E-state index in [0.29, 0.717) is 28.9 Å². The van der Waals surface area contributed by atoms with Crippen LogP contribution in [0.5, 0.6) is 5.75 Å². The fraction of sp³-hybridized carbons (Fsp3) is 0.417. The van der Waals surface area contributed by atoms with Crippen molar-refractivity contribution in [2.45, 2.75) is 12.5 Å². The monoisotopic (exact) mass is 289 g/mol. The Labute approximate surface area is 115 Å². The van der Waals surface area contributed by atoms with Gasteiger partial charge in [0.1, 0.15) is 5.75 Å². The van der Waals surface area contributed by atoms with E-state index in [1.165, 1.54) is 4.90 Å². The third-order valence-electron chi connectivity index (χ3n) is 2.67. The number of hydrogen-bond acceptors (Lipinski definition) is 3. The van der Waals surface area contributed by atoms with Gasteiger partial charge in [-0.25, -0.2) is 0 Å². The molecule has 0 unspecified atom stereocenters. The summed E-state index contributed by atoms with van der Waals surface area (Å²) in [4.78, 5) is 13.2. The predicted molar refractivity (Wildman–Crippen MR) is 69.2 cm³/mol. The fourth-order valence-corrected chi connectivity index (χ4v) is 2.04. The number of benzene rings is 1. The molecule has 18 heavy (non-hydrogen) atoms. The molecule has 1 aromatic carbocycles. The first kappa shape index (κ1) is 13.5. The quantitative estimate of drug-likeness (QED) is 0.926. The Balaban J connectivity index is 1.84. The molecule has 1 aliphatic heterocycles. The van der Waals surface area contributed by atoms with Gasteiger partial charge in [-0.1, -0.05) is 23.2 Å². The van der Waals surface area contributed by atoms with Crippen molar-refractivity contribution in [2.24, 2.45) is 0 Å². The average molecular weight is 290 g/mol. The van der Waals surface area contributed by atoms with Crippen LogP contribution in [-0.2, 0) is 4.79 Å². The molecule has 1 amide bonds. The molecule has 1 fully saturated rings. The topological polar surface area (TPSA) is 49.8 Å². The summed E-state index contributed by atoms with van der Waals surface area (Å²) in [6.45, 7) is 2.30. The minimum atomic E-state index is -0.765. The van der Waals surface area contributed by atoms with E-state index >= 15 is 0 Å². The molecule has 0 radical (unpaired) electrons. The van der Waals surface area contributed by atoms with E-state index in [1.807, 2.05) is 0 Å². The first-order valence-electron chi connectivity index (χ1n) is 5.45. The number of nitrogens with zero attached hydrogens (tertiary/aromatic N) is 1. The van der Waals surface area contributed by atoms with Crippen LogP contribution in [0.2, 0.25) is 10.0 Å². The lowest BCUT2D eigenvalue weighted by atomic mass is 9.97. The smallest absolute Gasteiger partial charge is 0.260 e. The van der Waals surface area contributed by atoms with E-state index < -0.39 is 5.60 Å². The second-order valence-corrected chi connectivity index (χ2v) is 5.43. The van der Waals surface area contributed by atoms with Crippen LogP contribution in [0, 0.1) is 0 Å². The minimum absolute atomic E-state index is 0.0754. The zero-order valence-corrected chi connectivity index (χ0v) is 11.3. The minimum Gasteiger partial charge on any atom is -0.484 e. The van der Waals surface area contributed by atoms with Gasteiger partial charge in [0.15, 0.2) is 6.61 Å². The van der Waals surface area contributed by atoms with Crippen molar-refractivity contribution in [3.05, 3.63) is 28.2 Å².